The van der Waals surface area contributed by atoms with Crippen molar-refractivity contribution < 1.29 is 18.7 Å². The van der Waals surface area contributed by atoms with Gasteiger partial charge in [-0.15, -0.1) is 0 Å². The highest BCUT2D eigenvalue weighted by Crippen LogP contribution is 2.34. The molecule has 0 unspecified atom stereocenters. The molecule has 128 valence electrons. The molecule has 0 radical (unpaired) electrons. The molecule has 1 aromatic carbocycles. The molecule has 1 amide bonds. The quantitative estimate of drug-likeness (QED) is 0.833. The highest BCUT2D eigenvalue weighted by molar-refractivity contribution is 5.77. The van der Waals surface area contributed by atoms with Gasteiger partial charge < -0.3 is 14.8 Å². The molecular formula is C17H25FN2O3. The second-order valence-electron chi connectivity index (χ2n) is 6.00. The summed E-state index contributed by atoms with van der Waals surface area (Å²) in [5.74, 6) is -0.133. The fraction of sp³-hybridized carbons (Fsp3) is 0.588. The first-order valence-corrected chi connectivity index (χ1v) is 7.81. The van der Waals surface area contributed by atoms with Crippen molar-refractivity contribution in [1.82, 2.24) is 10.2 Å². The van der Waals surface area contributed by atoms with Crippen LogP contribution in [0, 0.1) is 5.82 Å². The summed E-state index contributed by atoms with van der Waals surface area (Å²) in [6.45, 7) is 1.94. The zero-order valence-corrected chi connectivity index (χ0v) is 14.0. The molecule has 1 saturated heterocycles. The molecule has 0 spiro atoms. The number of carbonyl (C=O) groups excluding carboxylic acids is 1. The third-order valence-electron chi connectivity index (χ3n) is 4.51. The third kappa shape index (κ3) is 4.00. The smallest absolute Gasteiger partial charge is 0.221 e. The van der Waals surface area contributed by atoms with Gasteiger partial charge in [-0.25, -0.2) is 4.39 Å². The Morgan fingerprint density at radius 3 is 2.83 bits per heavy atom. The number of likely N-dealkylation sites (tertiary alicyclic amines) is 1. The number of ether oxygens (including phenoxy) is 2. The number of rotatable bonds is 7. The lowest BCUT2D eigenvalue weighted by Gasteiger charge is -2.37. The van der Waals surface area contributed by atoms with E-state index in [2.05, 4.69) is 10.2 Å². The lowest BCUT2D eigenvalue weighted by atomic mass is 9.92. The van der Waals surface area contributed by atoms with Crippen molar-refractivity contribution in [1.29, 1.82) is 0 Å². The van der Waals surface area contributed by atoms with Crippen molar-refractivity contribution in [2.45, 2.75) is 31.3 Å². The summed E-state index contributed by atoms with van der Waals surface area (Å²) in [5, 5.41) is 2.69. The van der Waals surface area contributed by atoms with Gasteiger partial charge in [-0.1, -0.05) is 6.07 Å². The molecule has 0 saturated carbocycles. The van der Waals surface area contributed by atoms with E-state index in [0.717, 1.165) is 24.9 Å². The van der Waals surface area contributed by atoms with Gasteiger partial charge in [-0.05, 0) is 37.1 Å². The standard InChI is InChI=1S/C17H25FN2O3/c1-19-16(21)10-17(12-22-2)7-4-8-20(17)11-13-5-6-15(23-3)14(18)9-13/h5-6,9H,4,7-8,10-12H2,1-3H3,(H,19,21)/t17-/m0/s1. The van der Waals surface area contributed by atoms with Crippen molar-refractivity contribution in [2.24, 2.45) is 0 Å². The van der Waals surface area contributed by atoms with Crippen LogP contribution in [0.25, 0.3) is 0 Å². The molecule has 1 aliphatic heterocycles. The van der Waals surface area contributed by atoms with E-state index < -0.39 is 0 Å². The fourth-order valence-electron chi connectivity index (χ4n) is 3.34. The monoisotopic (exact) mass is 324 g/mol. The molecule has 0 bridgehead atoms. The molecule has 1 aromatic rings. The molecule has 5 nitrogen and oxygen atoms in total. The van der Waals surface area contributed by atoms with E-state index in [1.165, 1.54) is 13.2 Å². The molecule has 1 fully saturated rings. The van der Waals surface area contributed by atoms with Crippen molar-refractivity contribution >= 4 is 5.91 Å². The van der Waals surface area contributed by atoms with Crippen LogP contribution in [0.2, 0.25) is 0 Å². The summed E-state index contributed by atoms with van der Waals surface area (Å²) in [7, 11) is 4.74. The summed E-state index contributed by atoms with van der Waals surface area (Å²) < 4.78 is 24.2. The number of nitrogens with zero attached hydrogens (tertiary/aromatic N) is 1. The van der Waals surface area contributed by atoms with Gasteiger partial charge in [0.25, 0.3) is 0 Å². The van der Waals surface area contributed by atoms with Crippen molar-refractivity contribution in [2.75, 3.05) is 34.4 Å². The molecule has 23 heavy (non-hydrogen) atoms. The van der Waals surface area contributed by atoms with Crippen LogP contribution in [-0.4, -0.2) is 50.8 Å². The second kappa shape index (κ2) is 7.75. The highest BCUT2D eigenvalue weighted by Gasteiger charge is 2.42. The van der Waals surface area contributed by atoms with Crippen molar-refractivity contribution in [3.8, 4) is 5.75 Å². The Balaban J connectivity index is 2.18. The van der Waals surface area contributed by atoms with E-state index in [-0.39, 0.29) is 23.0 Å². The van der Waals surface area contributed by atoms with Crippen LogP contribution in [0.4, 0.5) is 4.39 Å². The predicted molar refractivity (Wildman–Crippen MR) is 85.9 cm³/mol. The SMILES string of the molecule is CNC(=O)C[C@]1(COC)CCCN1Cc1ccc(OC)c(F)c1. The Hall–Kier alpha value is -1.66. The van der Waals surface area contributed by atoms with E-state index in [9.17, 15) is 9.18 Å². The summed E-state index contributed by atoms with van der Waals surface area (Å²) in [6.07, 6.45) is 2.28. The normalized spacial score (nSPS) is 21.4. The Morgan fingerprint density at radius 1 is 1.43 bits per heavy atom. The fourth-order valence-corrected chi connectivity index (χ4v) is 3.34. The van der Waals surface area contributed by atoms with Crippen LogP contribution in [0.1, 0.15) is 24.8 Å². The van der Waals surface area contributed by atoms with Gasteiger partial charge in [-0.3, -0.25) is 9.69 Å². The number of carbonyl (C=O) groups is 1. The van der Waals surface area contributed by atoms with Crippen LogP contribution < -0.4 is 10.1 Å². The molecule has 1 atom stereocenters. The zero-order valence-electron chi connectivity index (χ0n) is 14.0. The maximum Gasteiger partial charge on any atom is 0.221 e. The Kier molecular flexibility index (Phi) is 5.96. The molecule has 0 aliphatic carbocycles. The predicted octanol–water partition coefficient (Wildman–Crippen LogP) is 1.95. The maximum atomic E-state index is 13.9. The van der Waals surface area contributed by atoms with Gasteiger partial charge in [0, 0.05) is 27.1 Å². The van der Waals surface area contributed by atoms with Crippen LogP contribution in [0.15, 0.2) is 18.2 Å². The third-order valence-corrected chi connectivity index (χ3v) is 4.51. The van der Waals surface area contributed by atoms with E-state index in [1.54, 1.807) is 20.2 Å². The zero-order chi connectivity index (χ0) is 16.9. The van der Waals surface area contributed by atoms with Gasteiger partial charge in [0.05, 0.1) is 19.3 Å². The summed E-state index contributed by atoms with van der Waals surface area (Å²) in [4.78, 5) is 14.1. The average molecular weight is 324 g/mol. The van der Waals surface area contributed by atoms with Crippen molar-refractivity contribution in [3.63, 3.8) is 0 Å². The summed E-state index contributed by atoms with van der Waals surface area (Å²) in [6, 6.07) is 4.99. The number of hydrogen-bond acceptors (Lipinski definition) is 4. The Morgan fingerprint density at radius 2 is 2.22 bits per heavy atom. The number of benzene rings is 1. The van der Waals surface area contributed by atoms with Crippen LogP contribution in [0.3, 0.4) is 0 Å². The Labute approximate surface area is 136 Å². The molecule has 1 N–H and O–H groups in total. The number of amides is 1. The summed E-state index contributed by atoms with van der Waals surface area (Å²) in [5.41, 5.74) is 0.535. The summed E-state index contributed by atoms with van der Waals surface area (Å²) >= 11 is 0. The minimum Gasteiger partial charge on any atom is -0.494 e. The molecule has 0 aromatic heterocycles. The topological polar surface area (TPSA) is 50.8 Å². The van der Waals surface area contributed by atoms with Crippen LogP contribution >= 0.6 is 0 Å². The first kappa shape index (κ1) is 17.7. The number of methoxy groups -OCH3 is 2. The minimum absolute atomic E-state index is 0.00476. The first-order chi connectivity index (χ1) is 11.0. The van der Waals surface area contributed by atoms with Gasteiger partial charge in [0.15, 0.2) is 11.6 Å². The molecule has 1 aliphatic rings. The Bertz CT molecular complexity index is 553. The van der Waals surface area contributed by atoms with Crippen LogP contribution in [-0.2, 0) is 16.1 Å². The van der Waals surface area contributed by atoms with E-state index in [1.807, 2.05) is 6.07 Å². The first-order valence-electron chi connectivity index (χ1n) is 7.81. The number of hydrogen-bond donors (Lipinski definition) is 1. The average Bonchev–Trinajstić information content (AvgIpc) is 2.90. The van der Waals surface area contributed by atoms with E-state index >= 15 is 0 Å². The molecule has 6 heteroatoms. The molecule has 2 rings (SSSR count). The highest BCUT2D eigenvalue weighted by atomic mass is 19.1. The second-order valence-corrected chi connectivity index (χ2v) is 6.00. The van der Waals surface area contributed by atoms with Crippen LogP contribution in [0.5, 0.6) is 5.75 Å². The minimum atomic E-state index is -0.368. The van der Waals surface area contributed by atoms with E-state index in [0.29, 0.717) is 19.6 Å². The van der Waals surface area contributed by atoms with Gasteiger partial charge >= 0.3 is 0 Å². The maximum absolute atomic E-state index is 13.9. The van der Waals surface area contributed by atoms with Gasteiger partial charge in [-0.2, -0.15) is 0 Å². The number of halogens is 1. The molecular weight excluding hydrogens is 299 g/mol. The van der Waals surface area contributed by atoms with Crippen molar-refractivity contribution in [3.05, 3.63) is 29.6 Å². The lowest BCUT2D eigenvalue weighted by Crippen LogP contribution is -2.49. The largest absolute Gasteiger partial charge is 0.494 e. The number of nitrogens with one attached hydrogen (secondary N) is 1. The van der Waals surface area contributed by atoms with Gasteiger partial charge in [0.1, 0.15) is 0 Å². The lowest BCUT2D eigenvalue weighted by molar-refractivity contribution is -0.124. The van der Waals surface area contributed by atoms with Gasteiger partial charge in [0.2, 0.25) is 5.91 Å². The van der Waals surface area contributed by atoms with E-state index in [4.69, 9.17) is 9.47 Å². The molecule has 1 heterocycles.